The Balaban J connectivity index is 2.23. The van der Waals surface area contributed by atoms with E-state index in [0.717, 1.165) is 11.8 Å². The predicted molar refractivity (Wildman–Crippen MR) is 55.0 cm³/mol. The number of halogens is 3. The summed E-state index contributed by atoms with van der Waals surface area (Å²) in [6.07, 6.45) is -2.04. The van der Waals surface area contributed by atoms with Crippen molar-refractivity contribution >= 4 is 0 Å². The highest BCUT2D eigenvalue weighted by Gasteiger charge is 2.30. The van der Waals surface area contributed by atoms with Crippen molar-refractivity contribution < 1.29 is 13.2 Å². The SMILES string of the molecule is FC(F)(F)c1cccc(Cc2ccc[nH]2)c1. The Hall–Kier alpha value is -1.71. The van der Waals surface area contributed by atoms with E-state index in [1.807, 2.05) is 12.1 Å². The Morgan fingerprint density at radius 3 is 2.50 bits per heavy atom. The predicted octanol–water partition coefficient (Wildman–Crippen LogP) is 3.62. The molecular formula is C12H10F3N. The van der Waals surface area contributed by atoms with Gasteiger partial charge in [0.25, 0.3) is 0 Å². The van der Waals surface area contributed by atoms with Gasteiger partial charge >= 0.3 is 6.18 Å². The van der Waals surface area contributed by atoms with Crippen LogP contribution in [0.5, 0.6) is 0 Å². The molecule has 16 heavy (non-hydrogen) atoms. The van der Waals surface area contributed by atoms with Gasteiger partial charge in [-0.15, -0.1) is 0 Å². The molecular weight excluding hydrogens is 215 g/mol. The van der Waals surface area contributed by atoms with Gasteiger partial charge in [0.2, 0.25) is 0 Å². The second-order valence-corrected chi connectivity index (χ2v) is 3.57. The van der Waals surface area contributed by atoms with Crippen LogP contribution in [0.2, 0.25) is 0 Å². The molecule has 2 rings (SSSR count). The molecule has 0 aliphatic heterocycles. The molecule has 0 saturated heterocycles. The fourth-order valence-corrected chi connectivity index (χ4v) is 1.56. The van der Waals surface area contributed by atoms with Crippen molar-refractivity contribution in [1.29, 1.82) is 0 Å². The number of aromatic amines is 1. The quantitative estimate of drug-likeness (QED) is 0.803. The van der Waals surface area contributed by atoms with Crippen LogP contribution in [-0.4, -0.2) is 4.98 Å². The van der Waals surface area contributed by atoms with Gasteiger partial charge in [-0.25, -0.2) is 0 Å². The highest BCUT2D eigenvalue weighted by atomic mass is 19.4. The number of hydrogen-bond donors (Lipinski definition) is 1. The third-order valence-corrected chi connectivity index (χ3v) is 2.31. The first-order valence-corrected chi connectivity index (χ1v) is 4.84. The van der Waals surface area contributed by atoms with Crippen molar-refractivity contribution in [2.24, 2.45) is 0 Å². The second-order valence-electron chi connectivity index (χ2n) is 3.57. The first-order chi connectivity index (χ1) is 7.55. The van der Waals surface area contributed by atoms with E-state index in [1.165, 1.54) is 12.1 Å². The molecule has 0 aliphatic carbocycles. The van der Waals surface area contributed by atoms with Crippen LogP contribution in [0.1, 0.15) is 16.8 Å². The third-order valence-electron chi connectivity index (χ3n) is 2.31. The third kappa shape index (κ3) is 2.45. The monoisotopic (exact) mass is 225 g/mol. The van der Waals surface area contributed by atoms with Crippen molar-refractivity contribution in [2.75, 3.05) is 0 Å². The summed E-state index contributed by atoms with van der Waals surface area (Å²) in [6, 6.07) is 9.05. The topological polar surface area (TPSA) is 15.8 Å². The van der Waals surface area contributed by atoms with E-state index >= 15 is 0 Å². The van der Waals surface area contributed by atoms with E-state index in [-0.39, 0.29) is 0 Å². The van der Waals surface area contributed by atoms with Crippen molar-refractivity contribution in [3.63, 3.8) is 0 Å². The van der Waals surface area contributed by atoms with E-state index in [9.17, 15) is 13.2 Å². The average Bonchev–Trinajstić information content (AvgIpc) is 2.70. The fraction of sp³-hybridized carbons (Fsp3) is 0.167. The fourth-order valence-electron chi connectivity index (χ4n) is 1.56. The van der Waals surface area contributed by atoms with Crippen LogP contribution in [0, 0.1) is 0 Å². The minimum absolute atomic E-state index is 0.483. The minimum atomic E-state index is -4.27. The van der Waals surface area contributed by atoms with Crippen molar-refractivity contribution in [1.82, 2.24) is 4.98 Å². The van der Waals surface area contributed by atoms with Crippen molar-refractivity contribution in [3.05, 3.63) is 59.4 Å². The maximum Gasteiger partial charge on any atom is 0.416 e. The molecule has 0 radical (unpaired) electrons. The summed E-state index contributed by atoms with van der Waals surface area (Å²) in [6.45, 7) is 0. The molecule has 2 aromatic rings. The molecule has 4 heteroatoms. The summed E-state index contributed by atoms with van der Waals surface area (Å²) < 4.78 is 37.3. The zero-order valence-electron chi connectivity index (χ0n) is 8.38. The molecule has 0 unspecified atom stereocenters. The molecule has 1 heterocycles. The Morgan fingerprint density at radius 1 is 1.06 bits per heavy atom. The highest BCUT2D eigenvalue weighted by molar-refractivity contribution is 5.28. The van der Waals surface area contributed by atoms with E-state index < -0.39 is 11.7 Å². The molecule has 0 bridgehead atoms. The van der Waals surface area contributed by atoms with Crippen LogP contribution < -0.4 is 0 Å². The van der Waals surface area contributed by atoms with Crippen LogP contribution in [-0.2, 0) is 12.6 Å². The van der Waals surface area contributed by atoms with Gasteiger partial charge in [0.15, 0.2) is 0 Å². The summed E-state index contributed by atoms with van der Waals surface area (Å²) >= 11 is 0. The van der Waals surface area contributed by atoms with Crippen LogP contribution in [0.4, 0.5) is 13.2 Å². The van der Waals surface area contributed by atoms with Gasteiger partial charge in [-0.3, -0.25) is 0 Å². The Bertz CT molecular complexity index is 457. The number of rotatable bonds is 2. The lowest BCUT2D eigenvalue weighted by Crippen LogP contribution is -2.05. The highest BCUT2D eigenvalue weighted by Crippen LogP contribution is 2.29. The van der Waals surface area contributed by atoms with Crippen LogP contribution in [0.25, 0.3) is 0 Å². The lowest BCUT2D eigenvalue weighted by atomic mass is 10.1. The van der Waals surface area contributed by atoms with Crippen molar-refractivity contribution in [2.45, 2.75) is 12.6 Å². The number of aromatic nitrogens is 1. The van der Waals surface area contributed by atoms with Crippen LogP contribution in [0.3, 0.4) is 0 Å². The normalized spacial score (nSPS) is 11.7. The summed E-state index contributed by atoms with van der Waals surface area (Å²) in [4.78, 5) is 2.96. The first kappa shape index (κ1) is 10.8. The second kappa shape index (κ2) is 4.04. The van der Waals surface area contributed by atoms with Gasteiger partial charge < -0.3 is 4.98 Å². The molecule has 0 saturated carbocycles. The Kier molecular flexibility index (Phi) is 2.73. The summed E-state index contributed by atoms with van der Waals surface area (Å²) in [5, 5.41) is 0. The molecule has 0 spiro atoms. The Morgan fingerprint density at radius 2 is 1.88 bits per heavy atom. The number of H-pyrrole nitrogens is 1. The molecule has 0 fully saturated rings. The number of alkyl halides is 3. The van der Waals surface area contributed by atoms with Gasteiger partial charge in [0.05, 0.1) is 5.56 Å². The molecule has 0 aliphatic rings. The van der Waals surface area contributed by atoms with Gasteiger partial charge in [-0.2, -0.15) is 13.2 Å². The smallest absolute Gasteiger partial charge is 0.365 e. The number of nitrogens with one attached hydrogen (secondary N) is 1. The molecule has 1 nitrogen and oxygen atoms in total. The van der Waals surface area contributed by atoms with Gasteiger partial charge in [0.1, 0.15) is 0 Å². The molecule has 0 amide bonds. The standard InChI is InChI=1S/C12H10F3N/c13-12(14,15)10-4-1-3-9(7-10)8-11-5-2-6-16-11/h1-7,16H,8H2. The zero-order valence-corrected chi connectivity index (χ0v) is 8.38. The van der Waals surface area contributed by atoms with E-state index in [2.05, 4.69) is 4.98 Å². The first-order valence-electron chi connectivity index (χ1n) is 4.84. The maximum absolute atomic E-state index is 12.4. The van der Waals surface area contributed by atoms with Crippen LogP contribution in [0.15, 0.2) is 42.6 Å². The molecule has 1 aromatic carbocycles. The van der Waals surface area contributed by atoms with E-state index in [1.54, 1.807) is 12.3 Å². The summed E-state index contributed by atoms with van der Waals surface area (Å²) in [7, 11) is 0. The van der Waals surface area contributed by atoms with Crippen molar-refractivity contribution in [3.8, 4) is 0 Å². The molecule has 1 aromatic heterocycles. The number of benzene rings is 1. The summed E-state index contributed by atoms with van der Waals surface area (Å²) in [5.74, 6) is 0. The summed E-state index contributed by atoms with van der Waals surface area (Å²) in [5.41, 5.74) is 0.952. The average molecular weight is 225 g/mol. The van der Waals surface area contributed by atoms with E-state index in [4.69, 9.17) is 0 Å². The van der Waals surface area contributed by atoms with Gasteiger partial charge in [0, 0.05) is 18.3 Å². The van der Waals surface area contributed by atoms with Gasteiger partial charge in [-0.1, -0.05) is 18.2 Å². The molecule has 84 valence electrons. The van der Waals surface area contributed by atoms with Crippen LogP contribution >= 0.6 is 0 Å². The molecule has 0 atom stereocenters. The Labute approximate surface area is 90.9 Å². The lowest BCUT2D eigenvalue weighted by molar-refractivity contribution is -0.137. The largest absolute Gasteiger partial charge is 0.416 e. The molecule has 1 N–H and O–H groups in total. The maximum atomic E-state index is 12.4. The number of hydrogen-bond acceptors (Lipinski definition) is 0. The van der Waals surface area contributed by atoms with E-state index in [0.29, 0.717) is 12.0 Å². The minimum Gasteiger partial charge on any atom is -0.365 e. The zero-order chi connectivity index (χ0) is 11.6. The van der Waals surface area contributed by atoms with Gasteiger partial charge in [-0.05, 0) is 23.8 Å². The lowest BCUT2D eigenvalue weighted by Gasteiger charge is -2.08.